The van der Waals surface area contributed by atoms with Gasteiger partial charge in [0.25, 0.3) is 0 Å². The van der Waals surface area contributed by atoms with Gasteiger partial charge in [0.2, 0.25) is 0 Å². The van der Waals surface area contributed by atoms with Crippen molar-refractivity contribution in [3.8, 4) is 10.7 Å². The molecule has 0 saturated carbocycles. The standard InChI is InChI=1S/C10H7BrN2OS/c1-6-4-7(5-14)13-10(12-6)8-2-3-9(11)15-8/h2-5H,1H3. The molecular formula is C10H7BrN2OS. The second-order valence-corrected chi connectivity index (χ2v) is 5.44. The van der Waals surface area contributed by atoms with Crippen LogP contribution in [0, 0.1) is 6.92 Å². The highest BCUT2D eigenvalue weighted by Gasteiger charge is 2.06. The van der Waals surface area contributed by atoms with E-state index in [-0.39, 0.29) is 0 Å². The van der Waals surface area contributed by atoms with Crippen LogP contribution >= 0.6 is 27.3 Å². The highest BCUT2D eigenvalue weighted by atomic mass is 79.9. The zero-order valence-corrected chi connectivity index (χ0v) is 10.3. The topological polar surface area (TPSA) is 42.9 Å². The maximum atomic E-state index is 10.7. The van der Waals surface area contributed by atoms with E-state index in [0.717, 1.165) is 20.6 Å². The first-order valence-electron chi connectivity index (χ1n) is 4.25. The monoisotopic (exact) mass is 282 g/mol. The molecule has 76 valence electrons. The number of rotatable bonds is 2. The van der Waals surface area contributed by atoms with E-state index >= 15 is 0 Å². The van der Waals surface area contributed by atoms with E-state index in [1.807, 2.05) is 19.1 Å². The minimum absolute atomic E-state index is 0.419. The lowest BCUT2D eigenvalue weighted by atomic mass is 10.3. The van der Waals surface area contributed by atoms with E-state index in [0.29, 0.717) is 11.5 Å². The molecule has 0 aliphatic rings. The molecule has 0 fully saturated rings. The van der Waals surface area contributed by atoms with Crippen LogP contribution in [0.2, 0.25) is 0 Å². The summed E-state index contributed by atoms with van der Waals surface area (Å²) in [7, 11) is 0. The van der Waals surface area contributed by atoms with Gasteiger partial charge in [-0.05, 0) is 41.1 Å². The van der Waals surface area contributed by atoms with Crippen molar-refractivity contribution < 1.29 is 4.79 Å². The average Bonchev–Trinajstić information content (AvgIpc) is 2.64. The van der Waals surface area contributed by atoms with Gasteiger partial charge in [-0.2, -0.15) is 0 Å². The number of nitrogens with zero attached hydrogens (tertiary/aromatic N) is 2. The van der Waals surface area contributed by atoms with Crippen LogP contribution in [0.1, 0.15) is 16.2 Å². The summed E-state index contributed by atoms with van der Waals surface area (Å²) < 4.78 is 1.02. The van der Waals surface area contributed by atoms with Gasteiger partial charge < -0.3 is 0 Å². The molecule has 0 bridgehead atoms. The summed E-state index contributed by atoms with van der Waals surface area (Å²) in [5.41, 5.74) is 1.22. The second kappa shape index (κ2) is 4.20. The number of aryl methyl sites for hydroxylation is 1. The minimum Gasteiger partial charge on any atom is -0.296 e. The van der Waals surface area contributed by atoms with Crippen molar-refractivity contribution in [3.63, 3.8) is 0 Å². The van der Waals surface area contributed by atoms with Crippen LogP contribution in [0.3, 0.4) is 0 Å². The molecule has 0 radical (unpaired) electrons. The van der Waals surface area contributed by atoms with E-state index in [9.17, 15) is 4.79 Å². The Morgan fingerprint density at radius 2 is 2.20 bits per heavy atom. The quantitative estimate of drug-likeness (QED) is 0.795. The Hall–Kier alpha value is -1.07. The summed E-state index contributed by atoms with van der Waals surface area (Å²) in [4.78, 5) is 20.0. The third-order valence-corrected chi connectivity index (χ3v) is 3.41. The van der Waals surface area contributed by atoms with Crippen LogP contribution in [0.4, 0.5) is 0 Å². The van der Waals surface area contributed by atoms with Crippen molar-refractivity contribution in [2.75, 3.05) is 0 Å². The fourth-order valence-corrected chi connectivity index (χ4v) is 2.52. The number of halogens is 1. The molecule has 0 atom stereocenters. The van der Waals surface area contributed by atoms with Gasteiger partial charge in [-0.25, -0.2) is 9.97 Å². The van der Waals surface area contributed by atoms with Crippen molar-refractivity contribution in [3.05, 3.63) is 33.4 Å². The molecule has 0 aliphatic carbocycles. The van der Waals surface area contributed by atoms with Crippen LogP contribution in [0.15, 0.2) is 22.0 Å². The Morgan fingerprint density at radius 1 is 1.40 bits per heavy atom. The third kappa shape index (κ3) is 2.30. The predicted octanol–water partition coefficient (Wildman–Crippen LogP) is 3.09. The molecule has 3 nitrogen and oxygen atoms in total. The number of hydrogen-bond donors (Lipinski definition) is 0. The van der Waals surface area contributed by atoms with Gasteiger partial charge in [0, 0.05) is 5.69 Å². The van der Waals surface area contributed by atoms with Gasteiger partial charge in [-0.1, -0.05) is 0 Å². The molecule has 2 rings (SSSR count). The number of aldehydes is 1. The average molecular weight is 283 g/mol. The molecule has 2 aromatic rings. The second-order valence-electron chi connectivity index (χ2n) is 2.98. The van der Waals surface area contributed by atoms with Crippen LogP contribution in [-0.4, -0.2) is 16.3 Å². The Bertz CT molecular complexity index is 510. The number of thiophene rings is 1. The molecule has 0 spiro atoms. The SMILES string of the molecule is Cc1cc(C=O)nc(-c2ccc(Br)s2)n1. The molecule has 2 aromatic heterocycles. The lowest BCUT2D eigenvalue weighted by molar-refractivity contribution is 0.111. The molecule has 5 heteroatoms. The largest absolute Gasteiger partial charge is 0.296 e. The van der Waals surface area contributed by atoms with Crippen LogP contribution < -0.4 is 0 Å². The first kappa shape index (κ1) is 10.4. The van der Waals surface area contributed by atoms with E-state index in [4.69, 9.17) is 0 Å². The number of carbonyl (C=O) groups is 1. The number of aromatic nitrogens is 2. The summed E-state index contributed by atoms with van der Waals surface area (Å²) in [5, 5.41) is 0. The Kier molecular flexibility index (Phi) is 2.93. The highest BCUT2D eigenvalue weighted by Crippen LogP contribution is 2.29. The van der Waals surface area contributed by atoms with Gasteiger partial charge in [-0.15, -0.1) is 11.3 Å². The van der Waals surface area contributed by atoms with Gasteiger partial charge in [0.15, 0.2) is 12.1 Å². The van der Waals surface area contributed by atoms with Gasteiger partial charge >= 0.3 is 0 Å². The fraction of sp³-hybridized carbons (Fsp3) is 0.100. The maximum Gasteiger partial charge on any atom is 0.170 e. The van der Waals surface area contributed by atoms with Crippen molar-refractivity contribution in [2.45, 2.75) is 6.92 Å². The summed E-state index contributed by atoms with van der Waals surface area (Å²) >= 11 is 4.92. The Balaban J connectivity index is 2.52. The number of carbonyl (C=O) groups excluding carboxylic acids is 1. The maximum absolute atomic E-state index is 10.7. The van der Waals surface area contributed by atoms with Crippen molar-refractivity contribution in [1.29, 1.82) is 0 Å². The molecule has 0 aliphatic heterocycles. The van der Waals surface area contributed by atoms with Crippen molar-refractivity contribution in [2.24, 2.45) is 0 Å². The summed E-state index contributed by atoms with van der Waals surface area (Å²) in [5.74, 6) is 0.604. The van der Waals surface area contributed by atoms with E-state index in [1.165, 1.54) is 0 Å². The van der Waals surface area contributed by atoms with Gasteiger partial charge in [-0.3, -0.25) is 4.79 Å². The number of hydrogen-bond acceptors (Lipinski definition) is 4. The smallest absolute Gasteiger partial charge is 0.170 e. The third-order valence-electron chi connectivity index (χ3n) is 1.79. The molecule has 15 heavy (non-hydrogen) atoms. The van der Waals surface area contributed by atoms with Crippen LogP contribution in [-0.2, 0) is 0 Å². The van der Waals surface area contributed by atoms with Crippen molar-refractivity contribution in [1.82, 2.24) is 9.97 Å². The molecule has 0 N–H and O–H groups in total. The zero-order chi connectivity index (χ0) is 10.8. The predicted molar refractivity (Wildman–Crippen MR) is 63.2 cm³/mol. The summed E-state index contributed by atoms with van der Waals surface area (Å²) in [6.07, 6.45) is 0.737. The molecule has 0 unspecified atom stereocenters. The molecule has 0 amide bonds. The minimum atomic E-state index is 0.419. The van der Waals surface area contributed by atoms with E-state index in [2.05, 4.69) is 25.9 Å². The highest BCUT2D eigenvalue weighted by molar-refractivity contribution is 9.11. The lowest BCUT2D eigenvalue weighted by Crippen LogP contribution is -1.95. The van der Waals surface area contributed by atoms with Gasteiger partial charge in [0.05, 0.1) is 8.66 Å². The molecule has 0 aromatic carbocycles. The van der Waals surface area contributed by atoms with E-state index in [1.54, 1.807) is 17.4 Å². The Labute approximate surface area is 99.3 Å². The van der Waals surface area contributed by atoms with Crippen LogP contribution in [0.5, 0.6) is 0 Å². The first-order chi connectivity index (χ1) is 7.19. The molecule has 0 saturated heterocycles. The van der Waals surface area contributed by atoms with Crippen LogP contribution in [0.25, 0.3) is 10.7 Å². The van der Waals surface area contributed by atoms with E-state index < -0.39 is 0 Å². The Morgan fingerprint density at radius 3 is 2.80 bits per heavy atom. The lowest BCUT2D eigenvalue weighted by Gasteiger charge is -1.99. The van der Waals surface area contributed by atoms with Crippen molar-refractivity contribution >= 4 is 33.6 Å². The molecule has 2 heterocycles. The zero-order valence-electron chi connectivity index (χ0n) is 7.90. The normalized spacial score (nSPS) is 10.3. The fourth-order valence-electron chi connectivity index (χ4n) is 1.20. The molecular weight excluding hydrogens is 276 g/mol. The first-order valence-corrected chi connectivity index (χ1v) is 5.86. The van der Waals surface area contributed by atoms with Gasteiger partial charge in [0.1, 0.15) is 5.69 Å². The summed E-state index contributed by atoms with van der Waals surface area (Å²) in [6, 6.07) is 5.53. The summed E-state index contributed by atoms with van der Waals surface area (Å²) in [6.45, 7) is 1.85.